The number of amides is 1. The Bertz CT molecular complexity index is 1570. The number of rotatable bonds is 4. The fraction of sp³-hybridized carbons (Fsp3) is 0.207. The fourth-order valence-corrected chi connectivity index (χ4v) is 4.70. The van der Waals surface area contributed by atoms with E-state index in [1.165, 1.54) is 22.9 Å². The molecule has 0 unspecified atom stereocenters. The van der Waals surface area contributed by atoms with Crippen LogP contribution in [-0.4, -0.2) is 52.1 Å². The van der Waals surface area contributed by atoms with E-state index in [4.69, 9.17) is 11.6 Å². The van der Waals surface area contributed by atoms with E-state index in [2.05, 4.69) is 46.9 Å². The number of aliphatic hydroxyl groups is 1. The molecule has 1 amide bonds. The number of carbonyl (C=O) groups is 1. The molecule has 37 heavy (non-hydrogen) atoms. The lowest BCUT2D eigenvalue weighted by Crippen LogP contribution is -2.49. The Balaban J connectivity index is 1.33. The molecule has 1 saturated heterocycles. The van der Waals surface area contributed by atoms with E-state index in [-0.39, 0.29) is 17.4 Å². The average molecular weight is 515 g/mol. The van der Waals surface area contributed by atoms with Crippen molar-refractivity contribution in [2.75, 3.05) is 31.1 Å². The van der Waals surface area contributed by atoms with Crippen LogP contribution >= 0.6 is 11.6 Å². The second-order valence-corrected chi connectivity index (χ2v) is 9.65. The summed E-state index contributed by atoms with van der Waals surface area (Å²) in [4.78, 5) is 37.2. The third kappa shape index (κ3) is 5.08. The molecule has 1 aliphatic rings. The average Bonchev–Trinajstić information content (AvgIpc) is 2.90. The molecular formula is C29H27ClN4O3. The summed E-state index contributed by atoms with van der Waals surface area (Å²) in [5, 5.41) is 11.0. The van der Waals surface area contributed by atoms with E-state index in [1.807, 2.05) is 4.90 Å². The van der Waals surface area contributed by atoms with Gasteiger partial charge in [-0.15, -0.1) is 0 Å². The molecule has 0 aliphatic carbocycles. The van der Waals surface area contributed by atoms with Crippen LogP contribution in [0.2, 0.25) is 5.02 Å². The molecule has 2 heterocycles. The van der Waals surface area contributed by atoms with E-state index < -0.39 is 5.56 Å². The quantitative estimate of drug-likeness (QED) is 0.365. The van der Waals surface area contributed by atoms with Crippen molar-refractivity contribution in [1.82, 2.24) is 14.9 Å². The number of halogens is 1. The predicted octanol–water partition coefficient (Wildman–Crippen LogP) is 5.21. The predicted molar refractivity (Wildman–Crippen MR) is 148 cm³/mol. The Labute approximate surface area is 219 Å². The summed E-state index contributed by atoms with van der Waals surface area (Å²) in [6.07, 6.45) is 1.32. The molecule has 2 N–H and O–H groups in total. The number of nitrogens with one attached hydrogen (secondary N) is 1. The molecule has 0 spiro atoms. The molecule has 7 nitrogen and oxygen atoms in total. The first kappa shape index (κ1) is 24.6. The van der Waals surface area contributed by atoms with Gasteiger partial charge in [-0.25, -0.2) is 4.98 Å². The van der Waals surface area contributed by atoms with Crippen molar-refractivity contribution in [3.8, 4) is 0 Å². The topological polar surface area (TPSA) is 89.5 Å². The molecule has 1 aromatic heterocycles. The Hall–Kier alpha value is -4.10. The molecule has 0 bridgehead atoms. The van der Waals surface area contributed by atoms with Crippen molar-refractivity contribution in [2.24, 2.45) is 0 Å². The summed E-state index contributed by atoms with van der Waals surface area (Å²) in [5.74, 6) is -0.173. The van der Waals surface area contributed by atoms with Crippen LogP contribution in [0.1, 0.15) is 32.7 Å². The maximum absolute atomic E-state index is 13.2. The van der Waals surface area contributed by atoms with Gasteiger partial charge < -0.3 is 19.9 Å². The number of aryl methyl sites for hydroxylation is 1. The first-order valence-electron chi connectivity index (χ1n) is 12.1. The van der Waals surface area contributed by atoms with Crippen LogP contribution in [0.25, 0.3) is 22.9 Å². The van der Waals surface area contributed by atoms with Gasteiger partial charge in [-0.3, -0.25) is 9.59 Å². The van der Waals surface area contributed by atoms with Crippen molar-refractivity contribution in [1.29, 1.82) is 0 Å². The highest BCUT2D eigenvalue weighted by Gasteiger charge is 2.23. The number of H-pyrrole nitrogens is 1. The van der Waals surface area contributed by atoms with Crippen molar-refractivity contribution in [2.45, 2.75) is 13.8 Å². The smallest absolute Gasteiger partial charge is 0.274 e. The van der Waals surface area contributed by atoms with Gasteiger partial charge in [0.15, 0.2) is 0 Å². The fourth-order valence-electron chi connectivity index (χ4n) is 4.58. The van der Waals surface area contributed by atoms with Crippen LogP contribution in [-0.2, 0) is 0 Å². The summed E-state index contributed by atoms with van der Waals surface area (Å²) >= 11 is 5.90. The third-order valence-corrected chi connectivity index (χ3v) is 7.11. The van der Waals surface area contributed by atoms with Gasteiger partial charge in [0.1, 0.15) is 11.5 Å². The number of aliphatic hydroxyl groups excluding tert-OH is 1. The van der Waals surface area contributed by atoms with Gasteiger partial charge in [-0.2, -0.15) is 0 Å². The first-order chi connectivity index (χ1) is 17.8. The minimum absolute atomic E-state index is 0.0709. The van der Waals surface area contributed by atoms with Gasteiger partial charge in [0, 0.05) is 54.1 Å². The molecule has 4 aromatic rings. The highest BCUT2D eigenvalue weighted by Crippen LogP contribution is 2.24. The maximum Gasteiger partial charge on any atom is 0.274 e. The summed E-state index contributed by atoms with van der Waals surface area (Å²) in [5.41, 5.74) is 5.35. The van der Waals surface area contributed by atoms with Crippen LogP contribution < -0.4 is 10.5 Å². The normalized spacial score (nSPS) is 14.3. The molecule has 0 atom stereocenters. The summed E-state index contributed by atoms with van der Waals surface area (Å²) in [7, 11) is 0. The molecule has 5 rings (SSSR count). The van der Waals surface area contributed by atoms with Crippen molar-refractivity contribution >= 4 is 46.1 Å². The van der Waals surface area contributed by atoms with E-state index in [9.17, 15) is 14.7 Å². The van der Waals surface area contributed by atoms with Gasteiger partial charge in [-0.1, -0.05) is 23.7 Å². The molecule has 8 heteroatoms. The molecule has 1 fully saturated rings. The Morgan fingerprint density at radius 2 is 1.70 bits per heavy atom. The SMILES string of the molecule is Cc1cccc(N2CCN(C(=O)c3ccc4nc(/C=C(\O)c5ccc(Cl)cc5)c(=O)[nH]c4c3)CC2)c1C. The zero-order valence-corrected chi connectivity index (χ0v) is 21.4. The van der Waals surface area contributed by atoms with E-state index in [0.29, 0.717) is 40.3 Å². The third-order valence-electron chi connectivity index (χ3n) is 6.86. The lowest BCUT2D eigenvalue weighted by molar-refractivity contribution is 0.0747. The van der Waals surface area contributed by atoms with E-state index in [1.54, 1.807) is 42.5 Å². The highest BCUT2D eigenvalue weighted by atomic mass is 35.5. The van der Waals surface area contributed by atoms with Gasteiger partial charge in [0.25, 0.3) is 11.5 Å². The Kier molecular flexibility index (Phi) is 6.72. The van der Waals surface area contributed by atoms with Crippen molar-refractivity contribution in [3.05, 3.63) is 104 Å². The first-order valence-corrected chi connectivity index (χ1v) is 12.5. The maximum atomic E-state index is 13.2. The number of aromatic nitrogens is 2. The highest BCUT2D eigenvalue weighted by molar-refractivity contribution is 6.30. The molecule has 3 aromatic carbocycles. The van der Waals surface area contributed by atoms with Crippen LogP contribution in [0.15, 0.2) is 65.5 Å². The minimum atomic E-state index is -0.459. The Morgan fingerprint density at radius 1 is 1.00 bits per heavy atom. The number of piperazine rings is 1. The van der Waals surface area contributed by atoms with Crippen LogP contribution in [0, 0.1) is 13.8 Å². The summed E-state index contributed by atoms with van der Waals surface area (Å²) in [6.45, 7) is 6.99. The number of anilines is 1. The van der Waals surface area contributed by atoms with Crippen LogP contribution in [0.5, 0.6) is 0 Å². The molecular weight excluding hydrogens is 488 g/mol. The molecule has 188 valence electrons. The van der Waals surface area contributed by atoms with Gasteiger partial charge in [0.05, 0.1) is 11.0 Å². The second kappa shape index (κ2) is 10.1. The molecule has 0 saturated carbocycles. The van der Waals surface area contributed by atoms with Crippen LogP contribution in [0.3, 0.4) is 0 Å². The van der Waals surface area contributed by atoms with Gasteiger partial charge in [-0.05, 0) is 73.5 Å². The van der Waals surface area contributed by atoms with Crippen LogP contribution in [0.4, 0.5) is 5.69 Å². The number of nitrogens with zero attached hydrogens (tertiary/aromatic N) is 3. The lowest BCUT2D eigenvalue weighted by Gasteiger charge is -2.37. The number of benzene rings is 3. The Morgan fingerprint density at radius 3 is 2.43 bits per heavy atom. The van der Waals surface area contributed by atoms with Crippen molar-refractivity contribution < 1.29 is 9.90 Å². The largest absolute Gasteiger partial charge is 0.507 e. The second-order valence-electron chi connectivity index (χ2n) is 9.22. The number of hydrogen-bond acceptors (Lipinski definition) is 5. The number of hydrogen-bond donors (Lipinski definition) is 2. The minimum Gasteiger partial charge on any atom is -0.507 e. The molecule has 0 radical (unpaired) electrons. The lowest BCUT2D eigenvalue weighted by atomic mass is 10.1. The zero-order chi connectivity index (χ0) is 26.1. The zero-order valence-electron chi connectivity index (χ0n) is 20.7. The van der Waals surface area contributed by atoms with Gasteiger partial charge in [0.2, 0.25) is 0 Å². The summed E-state index contributed by atoms with van der Waals surface area (Å²) in [6, 6.07) is 18.0. The van der Waals surface area contributed by atoms with E-state index in [0.717, 1.165) is 13.1 Å². The van der Waals surface area contributed by atoms with Gasteiger partial charge >= 0.3 is 0 Å². The molecule has 1 aliphatic heterocycles. The van der Waals surface area contributed by atoms with E-state index >= 15 is 0 Å². The summed E-state index contributed by atoms with van der Waals surface area (Å²) < 4.78 is 0. The standard InChI is InChI=1S/C29H27ClN4O3/c1-18-4-3-5-26(19(18)2)33-12-14-34(15-13-33)29(37)21-8-11-23-24(16-21)32-28(36)25(31-23)17-27(35)20-6-9-22(30)10-7-20/h3-11,16-17,35H,12-15H2,1-2H3,(H,32,36)/b27-17-. The number of carbonyl (C=O) groups excluding carboxylic acids is 1. The van der Waals surface area contributed by atoms with Crippen molar-refractivity contribution in [3.63, 3.8) is 0 Å². The number of fused-ring (bicyclic) bond motifs is 1. The monoisotopic (exact) mass is 514 g/mol. The number of aromatic amines is 1.